The Bertz CT molecular complexity index is 905. The van der Waals surface area contributed by atoms with Crippen LogP contribution >= 0.6 is 0 Å². The van der Waals surface area contributed by atoms with Gasteiger partial charge in [0.25, 0.3) is 5.78 Å². The zero-order valence-corrected chi connectivity index (χ0v) is 14.9. The third-order valence-electron chi connectivity index (χ3n) is 4.54. The molecule has 24 heavy (non-hydrogen) atoms. The maximum Gasteiger partial charge on any atom is 0.252 e. The van der Waals surface area contributed by atoms with Gasteiger partial charge in [0.15, 0.2) is 9.84 Å². The van der Waals surface area contributed by atoms with Crippen molar-refractivity contribution in [1.82, 2.24) is 24.9 Å². The van der Waals surface area contributed by atoms with Crippen molar-refractivity contribution in [3.63, 3.8) is 0 Å². The number of nitrogens with zero attached hydrogens (tertiary/aromatic N) is 4. The van der Waals surface area contributed by atoms with Crippen molar-refractivity contribution < 1.29 is 13.2 Å². The minimum Gasteiger partial charge on any atom is -0.350 e. The fourth-order valence-corrected chi connectivity index (χ4v) is 5.36. The first-order chi connectivity index (χ1) is 11.2. The van der Waals surface area contributed by atoms with Gasteiger partial charge < -0.3 is 5.32 Å². The molecule has 1 saturated heterocycles. The van der Waals surface area contributed by atoms with Crippen molar-refractivity contribution in [2.24, 2.45) is 0 Å². The molecule has 2 aromatic rings. The molecule has 1 amide bonds. The summed E-state index contributed by atoms with van der Waals surface area (Å²) in [6, 6.07) is 0. The third kappa shape index (κ3) is 3.26. The SMILES string of the molecule is Cc1nc2ncnn2c(C)c1CCC(=O)N[C@]1(C)CCS(=O)(=O)C1. The van der Waals surface area contributed by atoms with Crippen LogP contribution in [0.5, 0.6) is 0 Å². The maximum absolute atomic E-state index is 12.3. The molecule has 1 fully saturated rings. The van der Waals surface area contributed by atoms with Gasteiger partial charge in [0.05, 0.1) is 17.0 Å². The van der Waals surface area contributed by atoms with Crippen molar-refractivity contribution in [2.45, 2.75) is 45.6 Å². The largest absolute Gasteiger partial charge is 0.350 e. The van der Waals surface area contributed by atoms with E-state index in [1.165, 1.54) is 6.33 Å². The Hall–Kier alpha value is -2.03. The molecule has 1 N–H and O–H groups in total. The predicted molar refractivity (Wildman–Crippen MR) is 88.4 cm³/mol. The number of aromatic nitrogens is 4. The van der Waals surface area contributed by atoms with E-state index in [-0.39, 0.29) is 23.8 Å². The minimum absolute atomic E-state index is 0.0102. The van der Waals surface area contributed by atoms with Gasteiger partial charge in [0, 0.05) is 17.8 Å². The molecule has 1 aliphatic rings. The Morgan fingerprint density at radius 3 is 2.83 bits per heavy atom. The van der Waals surface area contributed by atoms with Gasteiger partial charge in [-0.2, -0.15) is 10.1 Å². The van der Waals surface area contributed by atoms with Crippen LogP contribution < -0.4 is 5.32 Å². The van der Waals surface area contributed by atoms with E-state index in [4.69, 9.17) is 0 Å². The number of carbonyl (C=O) groups excluding carboxylic acids is 1. The van der Waals surface area contributed by atoms with Gasteiger partial charge in [0.2, 0.25) is 5.91 Å². The molecule has 0 unspecified atom stereocenters. The molecule has 3 rings (SSSR count). The highest BCUT2D eigenvalue weighted by Crippen LogP contribution is 2.23. The van der Waals surface area contributed by atoms with Crippen molar-refractivity contribution >= 4 is 21.5 Å². The van der Waals surface area contributed by atoms with Gasteiger partial charge in [-0.15, -0.1) is 0 Å². The first-order valence-corrected chi connectivity index (χ1v) is 9.68. The topological polar surface area (TPSA) is 106 Å². The standard InChI is InChI=1S/C15H21N5O3S/c1-10-12(11(2)20-14(18-10)16-9-17-20)4-5-13(21)19-15(3)6-7-24(22,23)8-15/h9H,4-8H2,1-3H3,(H,19,21)/t15-/m1/s1. The third-order valence-corrected chi connectivity index (χ3v) is 6.44. The average Bonchev–Trinajstić information content (AvgIpc) is 3.02. The highest BCUT2D eigenvalue weighted by molar-refractivity contribution is 7.91. The van der Waals surface area contributed by atoms with Crippen LogP contribution in [0.4, 0.5) is 0 Å². The van der Waals surface area contributed by atoms with Crippen molar-refractivity contribution in [3.05, 3.63) is 23.3 Å². The van der Waals surface area contributed by atoms with E-state index in [2.05, 4.69) is 20.4 Å². The van der Waals surface area contributed by atoms with Crippen LogP contribution in [0.2, 0.25) is 0 Å². The molecule has 0 aromatic carbocycles. The molecule has 0 aliphatic carbocycles. The van der Waals surface area contributed by atoms with E-state index in [0.717, 1.165) is 17.0 Å². The van der Waals surface area contributed by atoms with E-state index < -0.39 is 15.4 Å². The Balaban J connectivity index is 1.69. The van der Waals surface area contributed by atoms with E-state index in [9.17, 15) is 13.2 Å². The lowest BCUT2D eigenvalue weighted by Gasteiger charge is -2.24. The van der Waals surface area contributed by atoms with Crippen LogP contribution in [0.1, 0.15) is 36.7 Å². The van der Waals surface area contributed by atoms with E-state index in [0.29, 0.717) is 18.6 Å². The monoisotopic (exact) mass is 351 g/mol. The lowest BCUT2D eigenvalue weighted by atomic mass is 10.0. The zero-order chi connectivity index (χ0) is 17.5. The van der Waals surface area contributed by atoms with E-state index in [1.807, 2.05) is 13.8 Å². The van der Waals surface area contributed by atoms with Crippen molar-refractivity contribution in [1.29, 1.82) is 0 Å². The van der Waals surface area contributed by atoms with Crippen LogP contribution in [0.15, 0.2) is 6.33 Å². The lowest BCUT2D eigenvalue weighted by molar-refractivity contribution is -0.122. The fourth-order valence-electron chi connectivity index (χ4n) is 3.26. The first kappa shape index (κ1) is 16.8. The van der Waals surface area contributed by atoms with Gasteiger partial charge in [-0.25, -0.2) is 17.9 Å². The quantitative estimate of drug-likeness (QED) is 0.853. The number of amides is 1. The van der Waals surface area contributed by atoms with Gasteiger partial charge in [-0.1, -0.05) is 0 Å². The van der Waals surface area contributed by atoms with Crippen molar-refractivity contribution in [3.8, 4) is 0 Å². The summed E-state index contributed by atoms with van der Waals surface area (Å²) < 4.78 is 24.9. The smallest absolute Gasteiger partial charge is 0.252 e. The number of rotatable bonds is 4. The van der Waals surface area contributed by atoms with Gasteiger partial charge in [-0.05, 0) is 39.2 Å². The molecule has 1 aliphatic heterocycles. The molecule has 9 heteroatoms. The number of aryl methyl sites for hydroxylation is 2. The first-order valence-electron chi connectivity index (χ1n) is 7.86. The number of hydrogen-bond acceptors (Lipinski definition) is 6. The Labute approximate surface area is 140 Å². The molecule has 0 bridgehead atoms. The molecular formula is C15H21N5O3S. The average molecular weight is 351 g/mol. The normalized spacial score (nSPS) is 22.8. The highest BCUT2D eigenvalue weighted by atomic mass is 32.2. The summed E-state index contributed by atoms with van der Waals surface area (Å²) in [6.07, 6.45) is 2.71. The highest BCUT2D eigenvalue weighted by Gasteiger charge is 2.39. The predicted octanol–water partition coefficient (Wildman–Crippen LogP) is 0.367. The molecule has 2 aromatic heterocycles. The molecule has 3 heterocycles. The molecule has 0 spiro atoms. The van der Waals surface area contributed by atoms with Gasteiger partial charge in [0.1, 0.15) is 6.33 Å². The molecule has 130 valence electrons. The zero-order valence-electron chi connectivity index (χ0n) is 14.0. The fraction of sp³-hybridized carbons (Fsp3) is 0.600. The number of fused-ring (bicyclic) bond motifs is 1. The second-order valence-electron chi connectivity index (χ2n) is 6.68. The second kappa shape index (κ2) is 5.80. The Morgan fingerprint density at radius 2 is 2.17 bits per heavy atom. The Kier molecular flexibility index (Phi) is 4.06. The van der Waals surface area contributed by atoms with E-state index >= 15 is 0 Å². The number of sulfone groups is 1. The summed E-state index contributed by atoms with van der Waals surface area (Å²) in [6.45, 7) is 5.60. The molecular weight excluding hydrogens is 330 g/mol. The molecule has 1 atom stereocenters. The van der Waals surface area contributed by atoms with Crippen LogP contribution in [0, 0.1) is 13.8 Å². The number of carbonyl (C=O) groups is 1. The summed E-state index contributed by atoms with van der Waals surface area (Å²) >= 11 is 0. The van der Waals surface area contributed by atoms with Crippen LogP contribution in [0.25, 0.3) is 5.78 Å². The maximum atomic E-state index is 12.3. The Morgan fingerprint density at radius 1 is 1.42 bits per heavy atom. The summed E-state index contributed by atoms with van der Waals surface area (Å²) in [5.74, 6) is 0.541. The molecule has 0 saturated carbocycles. The van der Waals surface area contributed by atoms with Gasteiger partial charge in [-0.3, -0.25) is 4.79 Å². The van der Waals surface area contributed by atoms with Crippen LogP contribution in [0.3, 0.4) is 0 Å². The second-order valence-corrected chi connectivity index (χ2v) is 8.87. The molecule has 0 radical (unpaired) electrons. The van der Waals surface area contributed by atoms with Crippen LogP contribution in [-0.4, -0.2) is 51.0 Å². The summed E-state index contributed by atoms with van der Waals surface area (Å²) in [4.78, 5) is 20.7. The van der Waals surface area contributed by atoms with E-state index in [1.54, 1.807) is 11.4 Å². The molecule has 8 nitrogen and oxygen atoms in total. The number of nitrogens with one attached hydrogen (secondary N) is 1. The van der Waals surface area contributed by atoms with Crippen LogP contribution in [-0.2, 0) is 21.1 Å². The number of hydrogen-bond donors (Lipinski definition) is 1. The van der Waals surface area contributed by atoms with Crippen molar-refractivity contribution in [2.75, 3.05) is 11.5 Å². The summed E-state index contributed by atoms with van der Waals surface area (Å²) in [5.41, 5.74) is 2.05. The minimum atomic E-state index is -3.04. The summed E-state index contributed by atoms with van der Waals surface area (Å²) in [5, 5.41) is 7.01. The summed E-state index contributed by atoms with van der Waals surface area (Å²) in [7, 11) is -3.04. The van der Waals surface area contributed by atoms with Gasteiger partial charge >= 0.3 is 0 Å². The lowest BCUT2D eigenvalue weighted by Crippen LogP contribution is -2.47.